The number of anilines is 1. The predicted octanol–water partition coefficient (Wildman–Crippen LogP) is 3.82. The SMILES string of the molecule is CCCNc1cc(C(=O)N2CCCC(C)CC2)c(Cl)cn1. The molecule has 1 fully saturated rings. The molecule has 2 heterocycles. The van der Waals surface area contributed by atoms with Crippen LogP contribution in [0.25, 0.3) is 0 Å². The van der Waals surface area contributed by atoms with Gasteiger partial charge in [0.1, 0.15) is 5.82 Å². The van der Waals surface area contributed by atoms with Crippen LogP contribution in [0.1, 0.15) is 49.9 Å². The summed E-state index contributed by atoms with van der Waals surface area (Å²) in [6, 6.07) is 1.77. The highest BCUT2D eigenvalue weighted by Gasteiger charge is 2.22. The van der Waals surface area contributed by atoms with Gasteiger partial charge in [0.05, 0.1) is 10.6 Å². The second-order valence-electron chi connectivity index (χ2n) is 5.80. The number of halogens is 1. The van der Waals surface area contributed by atoms with Gasteiger partial charge in [0.15, 0.2) is 0 Å². The summed E-state index contributed by atoms with van der Waals surface area (Å²) in [4.78, 5) is 18.8. The molecule has 1 atom stereocenters. The molecule has 1 aromatic heterocycles. The Labute approximate surface area is 131 Å². The topological polar surface area (TPSA) is 45.2 Å². The third-order valence-corrected chi connectivity index (χ3v) is 4.25. The summed E-state index contributed by atoms with van der Waals surface area (Å²) in [5.41, 5.74) is 0.555. The molecule has 1 aliphatic heterocycles. The molecule has 21 heavy (non-hydrogen) atoms. The normalized spacial score (nSPS) is 19.2. The summed E-state index contributed by atoms with van der Waals surface area (Å²) >= 11 is 6.18. The predicted molar refractivity (Wildman–Crippen MR) is 86.9 cm³/mol. The van der Waals surface area contributed by atoms with E-state index < -0.39 is 0 Å². The minimum Gasteiger partial charge on any atom is -0.370 e. The minimum absolute atomic E-state index is 0.0241. The molecule has 1 N–H and O–H groups in total. The van der Waals surface area contributed by atoms with Gasteiger partial charge >= 0.3 is 0 Å². The third kappa shape index (κ3) is 4.34. The van der Waals surface area contributed by atoms with Gasteiger partial charge in [-0.3, -0.25) is 4.79 Å². The Morgan fingerprint density at radius 3 is 3.05 bits per heavy atom. The van der Waals surface area contributed by atoms with Gasteiger partial charge in [-0.25, -0.2) is 4.98 Å². The van der Waals surface area contributed by atoms with Gasteiger partial charge in [0.25, 0.3) is 5.91 Å². The van der Waals surface area contributed by atoms with Gasteiger partial charge in [0.2, 0.25) is 0 Å². The number of pyridine rings is 1. The van der Waals surface area contributed by atoms with Gasteiger partial charge in [-0.05, 0) is 37.7 Å². The lowest BCUT2D eigenvalue weighted by Gasteiger charge is -2.21. The van der Waals surface area contributed by atoms with Crippen LogP contribution in [0.3, 0.4) is 0 Å². The molecule has 1 aromatic rings. The van der Waals surface area contributed by atoms with E-state index in [0.29, 0.717) is 22.3 Å². The molecule has 5 heteroatoms. The summed E-state index contributed by atoms with van der Waals surface area (Å²) in [5, 5.41) is 3.63. The van der Waals surface area contributed by atoms with Crippen molar-refractivity contribution in [2.75, 3.05) is 25.0 Å². The molecule has 0 spiro atoms. The second-order valence-corrected chi connectivity index (χ2v) is 6.21. The van der Waals surface area contributed by atoms with Crippen molar-refractivity contribution in [3.63, 3.8) is 0 Å². The number of amides is 1. The van der Waals surface area contributed by atoms with Crippen LogP contribution in [0.2, 0.25) is 5.02 Å². The van der Waals surface area contributed by atoms with Gasteiger partial charge in [0, 0.05) is 25.8 Å². The number of rotatable bonds is 4. The number of hydrogen-bond acceptors (Lipinski definition) is 3. The molecule has 0 aliphatic carbocycles. The first kappa shape index (κ1) is 16.1. The third-order valence-electron chi connectivity index (χ3n) is 3.95. The summed E-state index contributed by atoms with van der Waals surface area (Å²) in [5.74, 6) is 1.43. The maximum Gasteiger partial charge on any atom is 0.255 e. The Morgan fingerprint density at radius 2 is 2.29 bits per heavy atom. The first-order valence-corrected chi connectivity index (χ1v) is 8.18. The van der Waals surface area contributed by atoms with E-state index in [1.54, 1.807) is 12.3 Å². The smallest absolute Gasteiger partial charge is 0.255 e. The van der Waals surface area contributed by atoms with E-state index in [0.717, 1.165) is 38.9 Å². The van der Waals surface area contributed by atoms with Gasteiger partial charge in [-0.1, -0.05) is 25.4 Å². The summed E-state index contributed by atoms with van der Waals surface area (Å²) < 4.78 is 0. The van der Waals surface area contributed by atoms with Crippen molar-refractivity contribution in [1.29, 1.82) is 0 Å². The molecule has 0 radical (unpaired) electrons. The van der Waals surface area contributed by atoms with Crippen molar-refractivity contribution in [2.24, 2.45) is 5.92 Å². The summed E-state index contributed by atoms with van der Waals surface area (Å²) in [6.45, 7) is 6.81. The molecule has 0 aromatic carbocycles. The largest absolute Gasteiger partial charge is 0.370 e. The molecule has 0 bridgehead atoms. The first-order valence-electron chi connectivity index (χ1n) is 7.80. The second kappa shape index (κ2) is 7.64. The van der Waals surface area contributed by atoms with E-state index in [-0.39, 0.29) is 5.91 Å². The number of nitrogens with one attached hydrogen (secondary N) is 1. The highest BCUT2D eigenvalue weighted by molar-refractivity contribution is 6.33. The Bertz CT molecular complexity index is 492. The molecule has 1 aliphatic rings. The summed E-state index contributed by atoms with van der Waals surface area (Å²) in [7, 11) is 0. The van der Waals surface area contributed by atoms with Crippen LogP contribution in [0.4, 0.5) is 5.82 Å². The van der Waals surface area contributed by atoms with Gasteiger partial charge < -0.3 is 10.2 Å². The lowest BCUT2D eigenvalue weighted by molar-refractivity contribution is 0.0760. The highest BCUT2D eigenvalue weighted by atomic mass is 35.5. The van der Waals surface area contributed by atoms with Crippen molar-refractivity contribution in [1.82, 2.24) is 9.88 Å². The van der Waals surface area contributed by atoms with Crippen LogP contribution in [-0.4, -0.2) is 35.4 Å². The number of carbonyl (C=O) groups is 1. The minimum atomic E-state index is 0.0241. The van der Waals surface area contributed by atoms with Gasteiger partial charge in [-0.15, -0.1) is 0 Å². The van der Waals surface area contributed by atoms with Crippen LogP contribution in [0.15, 0.2) is 12.3 Å². The lowest BCUT2D eigenvalue weighted by atomic mass is 10.0. The van der Waals surface area contributed by atoms with Crippen LogP contribution in [0.5, 0.6) is 0 Å². The Kier molecular flexibility index (Phi) is 5.85. The van der Waals surface area contributed by atoms with Crippen molar-refractivity contribution in [3.05, 3.63) is 22.8 Å². The fourth-order valence-electron chi connectivity index (χ4n) is 2.59. The fourth-order valence-corrected chi connectivity index (χ4v) is 2.77. The lowest BCUT2D eigenvalue weighted by Crippen LogP contribution is -2.32. The number of aromatic nitrogens is 1. The van der Waals surface area contributed by atoms with E-state index in [4.69, 9.17) is 11.6 Å². The number of hydrogen-bond donors (Lipinski definition) is 1. The Balaban J connectivity index is 2.13. The van der Waals surface area contributed by atoms with E-state index in [1.807, 2.05) is 4.90 Å². The molecule has 4 nitrogen and oxygen atoms in total. The maximum absolute atomic E-state index is 12.7. The van der Waals surface area contributed by atoms with Crippen molar-refractivity contribution < 1.29 is 4.79 Å². The van der Waals surface area contributed by atoms with Crippen LogP contribution in [0, 0.1) is 5.92 Å². The highest BCUT2D eigenvalue weighted by Crippen LogP contribution is 2.23. The van der Waals surface area contributed by atoms with Crippen LogP contribution in [-0.2, 0) is 0 Å². The average Bonchev–Trinajstić information content (AvgIpc) is 2.70. The summed E-state index contributed by atoms with van der Waals surface area (Å²) in [6.07, 6.45) is 5.90. The zero-order valence-corrected chi connectivity index (χ0v) is 13.6. The molecule has 1 unspecified atom stereocenters. The molecule has 116 valence electrons. The van der Waals surface area contributed by atoms with E-state index in [9.17, 15) is 4.79 Å². The maximum atomic E-state index is 12.7. The number of likely N-dealkylation sites (tertiary alicyclic amines) is 1. The zero-order valence-electron chi connectivity index (χ0n) is 12.9. The number of nitrogens with zero attached hydrogens (tertiary/aromatic N) is 2. The standard InChI is InChI=1S/C16H24ClN3O/c1-3-7-18-15-10-13(14(17)11-19-15)16(21)20-8-4-5-12(2)6-9-20/h10-12H,3-9H2,1-2H3,(H,18,19). The molecule has 1 saturated heterocycles. The molecule has 2 rings (SSSR count). The van der Waals surface area contributed by atoms with Crippen molar-refractivity contribution in [2.45, 2.75) is 39.5 Å². The quantitative estimate of drug-likeness (QED) is 0.919. The molecule has 1 amide bonds. The van der Waals surface area contributed by atoms with Crippen molar-refractivity contribution in [3.8, 4) is 0 Å². The Hall–Kier alpha value is -1.29. The van der Waals surface area contributed by atoms with Crippen LogP contribution < -0.4 is 5.32 Å². The molecular weight excluding hydrogens is 286 g/mol. The fraction of sp³-hybridized carbons (Fsp3) is 0.625. The van der Waals surface area contributed by atoms with Crippen molar-refractivity contribution >= 4 is 23.3 Å². The first-order chi connectivity index (χ1) is 10.1. The molecular formula is C16H24ClN3O. The van der Waals surface area contributed by atoms with E-state index >= 15 is 0 Å². The average molecular weight is 310 g/mol. The van der Waals surface area contributed by atoms with E-state index in [1.165, 1.54) is 6.42 Å². The van der Waals surface area contributed by atoms with Gasteiger partial charge in [-0.2, -0.15) is 0 Å². The van der Waals surface area contributed by atoms with Crippen LogP contribution >= 0.6 is 11.6 Å². The monoisotopic (exact) mass is 309 g/mol. The Morgan fingerprint density at radius 1 is 1.48 bits per heavy atom. The zero-order chi connectivity index (χ0) is 15.2. The van der Waals surface area contributed by atoms with E-state index in [2.05, 4.69) is 24.1 Å². The molecule has 0 saturated carbocycles. The number of carbonyl (C=O) groups excluding carboxylic acids is 1.